The van der Waals surface area contributed by atoms with Crippen molar-refractivity contribution in [1.29, 1.82) is 0 Å². The van der Waals surface area contributed by atoms with Crippen LogP contribution < -0.4 is 0 Å². The van der Waals surface area contributed by atoms with E-state index in [0.29, 0.717) is 11.5 Å². The van der Waals surface area contributed by atoms with Gasteiger partial charge in [0.2, 0.25) is 0 Å². The van der Waals surface area contributed by atoms with Crippen molar-refractivity contribution in [2.75, 3.05) is 0 Å². The van der Waals surface area contributed by atoms with Crippen LogP contribution >= 0.6 is 0 Å². The normalized spacial score (nSPS) is 13.1. The summed E-state index contributed by atoms with van der Waals surface area (Å²) in [6.45, 7) is 0. The van der Waals surface area contributed by atoms with Gasteiger partial charge in [-0.2, -0.15) is 5.10 Å². The maximum atomic E-state index is 10.1. The number of aryl methyl sites for hydroxylation is 1. The molecular formula is C13H12N2O2. The number of rotatable bonds is 2. The Labute approximate surface area is 98.1 Å². The Morgan fingerprint density at radius 2 is 2.12 bits per heavy atom. The SMILES string of the molecule is Cn1ccc(C(O)c2cc3ccccc3o2)n1. The molecule has 0 aliphatic rings. The lowest BCUT2D eigenvalue weighted by Crippen LogP contribution is -2.00. The number of aliphatic hydroxyl groups is 1. The van der Waals surface area contributed by atoms with E-state index < -0.39 is 6.10 Å². The number of furan rings is 1. The summed E-state index contributed by atoms with van der Waals surface area (Å²) in [5.74, 6) is 0.518. The molecule has 3 aromatic rings. The van der Waals surface area contributed by atoms with Crippen LogP contribution in [0.3, 0.4) is 0 Å². The number of para-hydroxylation sites is 1. The van der Waals surface area contributed by atoms with Gasteiger partial charge < -0.3 is 9.52 Å². The van der Waals surface area contributed by atoms with E-state index in [1.165, 1.54) is 0 Å². The summed E-state index contributed by atoms with van der Waals surface area (Å²) >= 11 is 0. The quantitative estimate of drug-likeness (QED) is 0.731. The van der Waals surface area contributed by atoms with Gasteiger partial charge in [-0.15, -0.1) is 0 Å². The van der Waals surface area contributed by atoms with Gasteiger partial charge in [0, 0.05) is 18.6 Å². The minimum Gasteiger partial charge on any atom is -0.458 e. The molecule has 0 spiro atoms. The fraction of sp³-hybridized carbons (Fsp3) is 0.154. The topological polar surface area (TPSA) is 51.2 Å². The average Bonchev–Trinajstić information content (AvgIpc) is 2.93. The number of hydrogen-bond acceptors (Lipinski definition) is 3. The second kappa shape index (κ2) is 3.75. The summed E-state index contributed by atoms with van der Waals surface area (Å²) in [5.41, 5.74) is 1.36. The summed E-state index contributed by atoms with van der Waals surface area (Å²) in [4.78, 5) is 0. The van der Waals surface area contributed by atoms with Crippen LogP contribution in [0.2, 0.25) is 0 Å². The largest absolute Gasteiger partial charge is 0.458 e. The first kappa shape index (κ1) is 10.1. The molecule has 1 unspecified atom stereocenters. The Morgan fingerprint density at radius 1 is 1.29 bits per heavy atom. The van der Waals surface area contributed by atoms with E-state index in [4.69, 9.17) is 4.42 Å². The molecule has 0 aliphatic carbocycles. The van der Waals surface area contributed by atoms with Gasteiger partial charge in [-0.05, 0) is 18.2 Å². The third-order valence-corrected chi connectivity index (χ3v) is 2.73. The van der Waals surface area contributed by atoms with Gasteiger partial charge in [0.15, 0.2) is 6.10 Å². The van der Waals surface area contributed by atoms with Gasteiger partial charge in [0.1, 0.15) is 11.3 Å². The zero-order chi connectivity index (χ0) is 11.8. The molecule has 0 aliphatic heterocycles. The molecule has 0 fully saturated rings. The Hall–Kier alpha value is -2.07. The molecular weight excluding hydrogens is 216 g/mol. The lowest BCUT2D eigenvalue weighted by molar-refractivity contribution is 0.187. The summed E-state index contributed by atoms with van der Waals surface area (Å²) in [5, 5.41) is 15.3. The third kappa shape index (κ3) is 1.72. The van der Waals surface area contributed by atoms with Gasteiger partial charge in [0.05, 0.1) is 5.69 Å². The minimum atomic E-state index is -0.816. The van der Waals surface area contributed by atoms with Crippen molar-refractivity contribution in [3.63, 3.8) is 0 Å². The van der Waals surface area contributed by atoms with Crippen molar-refractivity contribution in [1.82, 2.24) is 9.78 Å². The van der Waals surface area contributed by atoms with E-state index >= 15 is 0 Å². The molecule has 17 heavy (non-hydrogen) atoms. The second-order valence-electron chi connectivity index (χ2n) is 4.00. The fourth-order valence-corrected chi connectivity index (χ4v) is 1.86. The highest BCUT2D eigenvalue weighted by molar-refractivity contribution is 5.77. The van der Waals surface area contributed by atoms with E-state index in [1.54, 1.807) is 16.9 Å². The van der Waals surface area contributed by atoms with Gasteiger partial charge in [0.25, 0.3) is 0 Å². The fourth-order valence-electron chi connectivity index (χ4n) is 1.86. The predicted octanol–water partition coefficient (Wildman–Crippen LogP) is 2.25. The van der Waals surface area contributed by atoms with Crippen LogP contribution in [0.25, 0.3) is 11.0 Å². The van der Waals surface area contributed by atoms with Gasteiger partial charge in [-0.1, -0.05) is 18.2 Å². The number of aromatic nitrogens is 2. The second-order valence-corrected chi connectivity index (χ2v) is 4.00. The lowest BCUT2D eigenvalue weighted by atomic mass is 10.2. The molecule has 0 saturated carbocycles. The van der Waals surface area contributed by atoms with Gasteiger partial charge in [-0.25, -0.2) is 0 Å². The molecule has 0 saturated heterocycles. The molecule has 1 aromatic carbocycles. The summed E-state index contributed by atoms with van der Waals surface area (Å²) in [6.07, 6.45) is 0.977. The molecule has 4 heteroatoms. The van der Waals surface area contributed by atoms with Crippen molar-refractivity contribution in [2.24, 2.45) is 7.05 Å². The van der Waals surface area contributed by atoms with E-state index in [-0.39, 0.29) is 0 Å². The van der Waals surface area contributed by atoms with Crippen LogP contribution in [-0.2, 0) is 7.05 Å². The van der Waals surface area contributed by atoms with Crippen LogP contribution in [0.15, 0.2) is 47.0 Å². The van der Waals surface area contributed by atoms with Crippen LogP contribution in [0.1, 0.15) is 17.6 Å². The zero-order valence-electron chi connectivity index (χ0n) is 9.37. The molecule has 1 atom stereocenters. The van der Waals surface area contributed by atoms with Crippen molar-refractivity contribution in [2.45, 2.75) is 6.10 Å². The van der Waals surface area contributed by atoms with E-state index in [1.807, 2.05) is 37.4 Å². The molecule has 2 aromatic heterocycles. The first-order valence-corrected chi connectivity index (χ1v) is 5.40. The number of nitrogens with zero attached hydrogens (tertiary/aromatic N) is 2. The molecule has 4 nitrogen and oxygen atoms in total. The van der Waals surface area contributed by atoms with Crippen molar-refractivity contribution >= 4 is 11.0 Å². The number of hydrogen-bond donors (Lipinski definition) is 1. The maximum Gasteiger partial charge on any atom is 0.155 e. The number of fused-ring (bicyclic) bond motifs is 1. The van der Waals surface area contributed by atoms with Crippen molar-refractivity contribution in [3.05, 3.63) is 54.0 Å². The summed E-state index contributed by atoms with van der Waals surface area (Å²) in [7, 11) is 1.81. The Kier molecular flexibility index (Phi) is 2.23. The van der Waals surface area contributed by atoms with Crippen LogP contribution in [-0.4, -0.2) is 14.9 Å². The van der Waals surface area contributed by atoms with Crippen LogP contribution in [0.4, 0.5) is 0 Å². The number of benzene rings is 1. The maximum absolute atomic E-state index is 10.1. The molecule has 0 radical (unpaired) electrons. The molecule has 0 amide bonds. The highest BCUT2D eigenvalue weighted by Gasteiger charge is 2.17. The van der Waals surface area contributed by atoms with Crippen LogP contribution in [0, 0.1) is 0 Å². The highest BCUT2D eigenvalue weighted by atomic mass is 16.4. The zero-order valence-corrected chi connectivity index (χ0v) is 9.37. The first-order chi connectivity index (χ1) is 8.24. The molecule has 2 heterocycles. The molecule has 3 rings (SSSR count). The monoisotopic (exact) mass is 228 g/mol. The summed E-state index contributed by atoms with van der Waals surface area (Å²) < 4.78 is 7.25. The predicted molar refractivity (Wildman–Crippen MR) is 63.5 cm³/mol. The van der Waals surface area contributed by atoms with Crippen molar-refractivity contribution in [3.8, 4) is 0 Å². The third-order valence-electron chi connectivity index (χ3n) is 2.73. The molecule has 1 N–H and O–H groups in total. The lowest BCUT2D eigenvalue weighted by Gasteiger charge is -2.02. The van der Waals surface area contributed by atoms with Crippen LogP contribution in [0.5, 0.6) is 0 Å². The Morgan fingerprint density at radius 3 is 2.82 bits per heavy atom. The van der Waals surface area contributed by atoms with Gasteiger partial charge in [-0.3, -0.25) is 4.68 Å². The Balaban J connectivity index is 2.03. The molecule has 86 valence electrons. The number of aliphatic hydroxyl groups excluding tert-OH is 1. The Bertz CT molecular complexity index is 621. The highest BCUT2D eigenvalue weighted by Crippen LogP contribution is 2.26. The van der Waals surface area contributed by atoms with E-state index in [0.717, 1.165) is 11.0 Å². The molecule has 0 bridgehead atoms. The summed E-state index contributed by atoms with van der Waals surface area (Å²) in [6, 6.07) is 11.3. The average molecular weight is 228 g/mol. The van der Waals surface area contributed by atoms with Gasteiger partial charge >= 0.3 is 0 Å². The van der Waals surface area contributed by atoms with E-state index in [9.17, 15) is 5.11 Å². The smallest absolute Gasteiger partial charge is 0.155 e. The standard InChI is InChI=1S/C13H12N2O2/c1-15-7-6-10(14-15)13(16)12-8-9-4-2-3-5-11(9)17-12/h2-8,13,16H,1H3. The first-order valence-electron chi connectivity index (χ1n) is 5.40. The minimum absolute atomic E-state index is 0.518. The van der Waals surface area contributed by atoms with E-state index in [2.05, 4.69) is 5.10 Å². The van der Waals surface area contributed by atoms with Crippen molar-refractivity contribution < 1.29 is 9.52 Å².